The summed E-state index contributed by atoms with van der Waals surface area (Å²) >= 11 is 0. The van der Waals surface area contributed by atoms with E-state index in [4.69, 9.17) is 10.5 Å². The van der Waals surface area contributed by atoms with Crippen LogP contribution in [0.3, 0.4) is 0 Å². The molecule has 0 atom stereocenters. The summed E-state index contributed by atoms with van der Waals surface area (Å²) in [5.41, 5.74) is 11.7. The molecular weight excluding hydrogens is 491 g/mol. The van der Waals surface area contributed by atoms with E-state index in [-0.39, 0.29) is 29.1 Å². The van der Waals surface area contributed by atoms with E-state index in [0.717, 1.165) is 59.7 Å². The predicted octanol–water partition coefficient (Wildman–Crippen LogP) is 7.02. The Hall–Kier alpha value is -3.74. The lowest BCUT2D eigenvalue weighted by atomic mass is 9.72. The van der Waals surface area contributed by atoms with E-state index in [0.29, 0.717) is 12.2 Å². The Morgan fingerprint density at radius 1 is 1.00 bits per heavy atom. The van der Waals surface area contributed by atoms with Crippen LogP contribution in [-0.4, -0.2) is 32.8 Å². The Morgan fingerprint density at radius 2 is 1.62 bits per heavy atom. The monoisotopic (exact) mass is 532 g/mol. The van der Waals surface area contributed by atoms with Gasteiger partial charge in [0.2, 0.25) is 0 Å². The molecule has 2 amide bonds. The Labute approximate surface area is 231 Å². The molecule has 39 heavy (non-hydrogen) atoms. The molecule has 1 aliphatic heterocycles. The lowest BCUT2D eigenvalue weighted by Gasteiger charge is -2.43. The molecule has 1 fully saturated rings. The number of carbonyl (C=O) groups is 1. The zero-order chi connectivity index (χ0) is 28.2. The van der Waals surface area contributed by atoms with Crippen LogP contribution < -0.4 is 26.0 Å². The SMILES string of the molecule is COc1cccc(C2(CNC(=O)Nc3c(C(C)C)cc(N)cc3C(C)C)CCN(c3ccc(F)cc3)CC2)c1. The van der Waals surface area contributed by atoms with Crippen molar-refractivity contribution in [1.82, 2.24) is 5.32 Å². The summed E-state index contributed by atoms with van der Waals surface area (Å²) in [7, 11) is 1.67. The standard InChI is InChI=1S/C32H41FN4O2/c1-21(2)28-18-25(34)19-29(22(3)4)30(28)36-31(38)35-20-32(23-7-6-8-27(17-23)39-5)13-15-37(16-14-32)26-11-9-24(33)10-12-26/h6-12,17-19,21-22H,13-16,20,34H2,1-5H3,(H2,35,36,38). The van der Waals surface area contributed by atoms with Crippen molar-refractivity contribution >= 4 is 23.1 Å². The van der Waals surface area contributed by atoms with Gasteiger partial charge in [-0.1, -0.05) is 39.8 Å². The zero-order valence-electron chi connectivity index (χ0n) is 23.7. The van der Waals surface area contributed by atoms with Crippen LogP contribution in [0.15, 0.2) is 60.7 Å². The van der Waals surface area contributed by atoms with Gasteiger partial charge in [-0.3, -0.25) is 0 Å². The number of carbonyl (C=O) groups excluding carboxylic acids is 1. The quantitative estimate of drug-likeness (QED) is 0.272. The van der Waals surface area contributed by atoms with Crippen molar-refractivity contribution in [2.24, 2.45) is 0 Å². The van der Waals surface area contributed by atoms with Gasteiger partial charge in [-0.15, -0.1) is 0 Å². The van der Waals surface area contributed by atoms with Crippen molar-refractivity contribution in [2.45, 2.75) is 57.8 Å². The highest BCUT2D eigenvalue weighted by atomic mass is 19.1. The van der Waals surface area contributed by atoms with E-state index in [2.05, 4.69) is 55.4 Å². The van der Waals surface area contributed by atoms with Crippen molar-refractivity contribution in [1.29, 1.82) is 0 Å². The zero-order valence-corrected chi connectivity index (χ0v) is 23.7. The molecule has 3 aromatic carbocycles. The molecule has 1 aliphatic rings. The summed E-state index contributed by atoms with van der Waals surface area (Å²) < 4.78 is 19.0. The number of nitrogen functional groups attached to an aromatic ring is 1. The average molecular weight is 533 g/mol. The van der Waals surface area contributed by atoms with Crippen LogP contribution in [0.2, 0.25) is 0 Å². The number of benzene rings is 3. The van der Waals surface area contributed by atoms with Crippen LogP contribution in [0.5, 0.6) is 5.75 Å². The van der Waals surface area contributed by atoms with E-state index < -0.39 is 0 Å². The second-order valence-corrected chi connectivity index (χ2v) is 11.2. The lowest BCUT2D eigenvalue weighted by Crippen LogP contribution is -2.49. The van der Waals surface area contributed by atoms with Gasteiger partial charge in [0.05, 0.1) is 7.11 Å². The first kappa shape index (κ1) is 28.3. The minimum Gasteiger partial charge on any atom is -0.497 e. The van der Waals surface area contributed by atoms with Gasteiger partial charge in [0.25, 0.3) is 0 Å². The summed E-state index contributed by atoms with van der Waals surface area (Å²) in [6.07, 6.45) is 1.66. The smallest absolute Gasteiger partial charge is 0.319 e. The minimum atomic E-state index is -0.273. The topological polar surface area (TPSA) is 79.6 Å². The molecule has 6 nitrogen and oxygen atoms in total. The molecule has 0 bridgehead atoms. The first-order valence-corrected chi connectivity index (χ1v) is 13.7. The lowest BCUT2D eigenvalue weighted by molar-refractivity contribution is 0.244. The fourth-order valence-corrected chi connectivity index (χ4v) is 5.54. The molecule has 0 saturated carbocycles. The average Bonchev–Trinajstić information content (AvgIpc) is 2.93. The molecule has 1 heterocycles. The Balaban J connectivity index is 1.56. The Morgan fingerprint density at radius 3 is 2.18 bits per heavy atom. The summed E-state index contributed by atoms with van der Waals surface area (Å²) in [6, 6.07) is 18.4. The summed E-state index contributed by atoms with van der Waals surface area (Å²) in [4.78, 5) is 15.7. The number of piperidine rings is 1. The number of rotatable bonds is 8. The van der Waals surface area contributed by atoms with Crippen molar-refractivity contribution in [3.63, 3.8) is 0 Å². The van der Waals surface area contributed by atoms with Crippen molar-refractivity contribution < 1.29 is 13.9 Å². The fraction of sp³-hybridized carbons (Fsp3) is 0.406. The maximum absolute atomic E-state index is 13.5. The highest BCUT2D eigenvalue weighted by Gasteiger charge is 2.37. The van der Waals surface area contributed by atoms with Crippen molar-refractivity contribution in [2.75, 3.05) is 42.7 Å². The highest BCUT2D eigenvalue weighted by Crippen LogP contribution is 2.38. The second kappa shape index (κ2) is 12.0. The summed E-state index contributed by atoms with van der Waals surface area (Å²) in [5.74, 6) is 0.974. The maximum atomic E-state index is 13.5. The van der Waals surface area contributed by atoms with Gasteiger partial charge >= 0.3 is 6.03 Å². The van der Waals surface area contributed by atoms with Gasteiger partial charge in [0.15, 0.2) is 0 Å². The number of urea groups is 1. The first-order valence-electron chi connectivity index (χ1n) is 13.7. The number of halogens is 1. The highest BCUT2D eigenvalue weighted by molar-refractivity contribution is 5.92. The molecule has 0 radical (unpaired) electrons. The number of hydrogen-bond donors (Lipinski definition) is 3. The predicted molar refractivity (Wildman–Crippen MR) is 159 cm³/mol. The third-order valence-electron chi connectivity index (χ3n) is 7.89. The molecule has 7 heteroatoms. The maximum Gasteiger partial charge on any atom is 0.319 e. The van der Waals surface area contributed by atoms with E-state index in [1.165, 1.54) is 12.1 Å². The third kappa shape index (κ3) is 6.47. The molecule has 208 valence electrons. The normalized spacial score (nSPS) is 14.9. The van der Waals surface area contributed by atoms with E-state index in [1.54, 1.807) is 7.11 Å². The van der Waals surface area contributed by atoms with Crippen LogP contribution in [0, 0.1) is 5.82 Å². The first-order chi connectivity index (χ1) is 18.6. The van der Waals surface area contributed by atoms with Crippen molar-refractivity contribution in [3.8, 4) is 5.75 Å². The van der Waals surface area contributed by atoms with E-state index in [1.807, 2.05) is 36.4 Å². The summed E-state index contributed by atoms with van der Waals surface area (Å²) in [5, 5.41) is 6.36. The van der Waals surface area contributed by atoms with Crippen LogP contribution in [0.4, 0.5) is 26.2 Å². The third-order valence-corrected chi connectivity index (χ3v) is 7.89. The van der Waals surface area contributed by atoms with Crippen LogP contribution >= 0.6 is 0 Å². The number of nitrogens with zero attached hydrogens (tertiary/aromatic N) is 1. The van der Waals surface area contributed by atoms with Crippen LogP contribution in [0.25, 0.3) is 0 Å². The number of anilines is 3. The van der Waals surface area contributed by atoms with Gasteiger partial charge in [0, 0.05) is 42.1 Å². The van der Waals surface area contributed by atoms with E-state index in [9.17, 15) is 9.18 Å². The van der Waals surface area contributed by atoms with E-state index >= 15 is 0 Å². The molecule has 1 saturated heterocycles. The minimum absolute atomic E-state index is 0.209. The molecule has 0 spiro atoms. The summed E-state index contributed by atoms with van der Waals surface area (Å²) in [6.45, 7) is 10.5. The number of ether oxygens (including phenoxy) is 1. The molecular formula is C32H41FN4O2. The number of nitrogens with one attached hydrogen (secondary N) is 2. The van der Waals surface area contributed by atoms with Crippen molar-refractivity contribution in [3.05, 3.63) is 83.2 Å². The number of methoxy groups -OCH3 is 1. The van der Waals surface area contributed by atoms with Gasteiger partial charge in [-0.2, -0.15) is 0 Å². The van der Waals surface area contributed by atoms with Crippen LogP contribution in [-0.2, 0) is 5.41 Å². The van der Waals surface area contributed by atoms with Gasteiger partial charge < -0.3 is 26.0 Å². The molecule has 0 aliphatic carbocycles. The largest absolute Gasteiger partial charge is 0.497 e. The van der Waals surface area contributed by atoms with Gasteiger partial charge in [-0.05, 0) is 89.9 Å². The Kier molecular flexibility index (Phi) is 8.68. The van der Waals surface area contributed by atoms with Gasteiger partial charge in [0.1, 0.15) is 11.6 Å². The second-order valence-electron chi connectivity index (χ2n) is 11.2. The Bertz CT molecular complexity index is 1250. The molecule has 0 unspecified atom stereocenters. The molecule has 4 N–H and O–H groups in total. The number of nitrogens with two attached hydrogens (primary N) is 1. The molecule has 0 aromatic heterocycles. The number of hydrogen-bond acceptors (Lipinski definition) is 4. The van der Waals surface area contributed by atoms with Gasteiger partial charge in [-0.25, -0.2) is 9.18 Å². The van der Waals surface area contributed by atoms with Crippen LogP contribution in [0.1, 0.15) is 69.1 Å². The fourth-order valence-electron chi connectivity index (χ4n) is 5.54. The molecule has 3 aromatic rings. The molecule has 4 rings (SSSR count). The number of amides is 2.